The van der Waals surface area contributed by atoms with E-state index in [-0.39, 0.29) is 5.57 Å². The van der Waals surface area contributed by atoms with Gasteiger partial charge in [-0.1, -0.05) is 6.58 Å². The Balaban J connectivity index is 4.80. The number of aliphatic carboxylic acids is 1. The fourth-order valence-electron chi connectivity index (χ4n) is 1.55. The maximum atomic E-state index is 11.6. The molecule has 0 aliphatic rings. The summed E-state index contributed by atoms with van der Waals surface area (Å²) in [5.74, 6) is -2.20. The molecule has 0 aliphatic heterocycles. The van der Waals surface area contributed by atoms with Gasteiger partial charge in [0.1, 0.15) is 18.3 Å². The first-order valence-corrected chi connectivity index (χ1v) is 6.15. The minimum atomic E-state index is -1.81. The van der Waals surface area contributed by atoms with Crippen LogP contribution in [-0.4, -0.2) is 79.6 Å². The lowest BCUT2D eigenvalue weighted by atomic mass is 9.97. The van der Waals surface area contributed by atoms with E-state index in [4.69, 9.17) is 10.2 Å². The number of hydrogen-bond acceptors (Lipinski definition) is 7. The molecule has 5 atom stereocenters. The highest BCUT2D eigenvalue weighted by Gasteiger charge is 2.34. The van der Waals surface area contributed by atoms with Gasteiger partial charge < -0.3 is 36.0 Å². The zero-order chi connectivity index (χ0) is 16.7. The molecule has 21 heavy (non-hydrogen) atoms. The summed E-state index contributed by atoms with van der Waals surface area (Å²) in [6, 6.07) is -1.37. The predicted octanol–water partition coefficient (Wildman–Crippen LogP) is -3.04. The summed E-state index contributed by atoms with van der Waals surface area (Å²) in [6.45, 7) is 3.56. The third-order valence-electron chi connectivity index (χ3n) is 2.82. The van der Waals surface area contributed by atoms with Gasteiger partial charge in [-0.25, -0.2) is 4.79 Å². The van der Waals surface area contributed by atoms with E-state index in [9.17, 15) is 30.0 Å². The molecule has 0 radical (unpaired) electrons. The van der Waals surface area contributed by atoms with Gasteiger partial charge in [0.2, 0.25) is 5.91 Å². The lowest BCUT2D eigenvalue weighted by Crippen LogP contribution is -2.57. The second-order valence-corrected chi connectivity index (χ2v) is 4.65. The number of nitrogens with one attached hydrogen (secondary N) is 1. The first-order valence-electron chi connectivity index (χ1n) is 6.15. The van der Waals surface area contributed by atoms with Gasteiger partial charge in [-0.3, -0.25) is 4.79 Å². The van der Waals surface area contributed by atoms with E-state index in [1.807, 2.05) is 0 Å². The van der Waals surface area contributed by atoms with Gasteiger partial charge in [-0.05, 0) is 6.92 Å². The van der Waals surface area contributed by atoms with Crippen LogP contribution in [0.2, 0.25) is 0 Å². The maximum Gasteiger partial charge on any atom is 0.331 e. The third kappa shape index (κ3) is 6.19. The monoisotopic (exact) mass is 307 g/mol. The molecule has 122 valence electrons. The molecule has 0 fully saturated rings. The zero-order valence-electron chi connectivity index (χ0n) is 11.5. The van der Waals surface area contributed by atoms with Gasteiger partial charge in [0, 0.05) is 5.57 Å². The number of aliphatic hydroxyl groups is 5. The highest BCUT2D eigenvalue weighted by molar-refractivity contribution is 5.93. The minimum Gasteiger partial charge on any atom is -0.478 e. The van der Waals surface area contributed by atoms with Crippen LogP contribution in [0, 0.1) is 0 Å². The summed E-state index contributed by atoms with van der Waals surface area (Å²) in [7, 11) is 0. The fourth-order valence-corrected chi connectivity index (χ4v) is 1.55. The van der Waals surface area contributed by atoms with E-state index >= 15 is 0 Å². The van der Waals surface area contributed by atoms with Crippen molar-refractivity contribution in [3.63, 3.8) is 0 Å². The van der Waals surface area contributed by atoms with E-state index in [1.165, 1.54) is 6.92 Å². The van der Waals surface area contributed by atoms with Gasteiger partial charge in [0.05, 0.1) is 25.2 Å². The average Bonchev–Trinajstić information content (AvgIpc) is 2.41. The topological polar surface area (TPSA) is 168 Å². The standard InChI is InChI=1S/C12H21NO8/c1-5(12(20)21)3-8(17)13-9(6(2)15)11(19)10(18)7(16)4-14/h6-7,9-11,14-16,18-19H,1,3-4H2,2H3,(H,13,17)(H,20,21)/t6-,7?,9?,10-,11-/m1/s1. The molecular weight excluding hydrogens is 286 g/mol. The molecule has 0 bridgehead atoms. The van der Waals surface area contributed by atoms with E-state index in [0.29, 0.717) is 0 Å². The summed E-state index contributed by atoms with van der Waals surface area (Å²) in [5.41, 5.74) is -0.387. The summed E-state index contributed by atoms with van der Waals surface area (Å²) < 4.78 is 0. The number of aliphatic hydroxyl groups excluding tert-OH is 5. The second-order valence-electron chi connectivity index (χ2n) is 4.65. The third-order valence-corrected chi connectivity index (χ3v) is 2.82. The Hall–Kier alpha value is -1.52. The minimum absolute atomic E-state index is 0.387. The zero-order valence-corrected chi connectivity index (χ0v) is 11.5. The first kappa shape index (κ1) is 19.5. The van der Waals surface area contributed by atoms with E-state index in [2.05, 4.69) is 11.9 Å². The van der Waals surface area contributed by atoms with Gasteiger partial charge >= 0.3 is 5.97 Å². The van der Waals surface area contributed by atoms with Crippen LogP contribution >= 0.6 is 0 Å². The number of rotatable bonds is 9. The largest absolute Gasteiger partial charge is 0.478 e. The smallest absolute Gasteiger partial charge is 0.331 e. The Labute approximate surface area is 121 Å². The second kappa shape index (κ2) is 8.70. The van der Waals surface area contributed by atoms with E-state index in [1.54, 1.807) is 0 Å². The molecule has 0 saturated heterocycles. The molecule has 0 rings (SSSR count). The molecule has 0 spiro atoms. The van der Waals surface area contributed by atoms with Crippen molar-refractivity contribution in [2.75, 3.05) is 6.61 Å². The molecular formula is C12H21NO8. The molecule has 0 heterocycles. The summed E-state index contributed by atoms with van der Waals surface area (Å²) in [6.07, 6.45) is -7.11. The molecule has 9 nitrogen and oxygen atoms in total. The number of carbonyl (C=O) groups is 2. The van der Waals surface area contributed by atoms with Crippen LogP contribution in [0.1, 0.15) is 13.3 Å². The van der Waals surface area contributed by atoms with Crippen LogP contribution in [0.15, 0.2) is 12.2 Å². The van der Waals surface area contributed by atoms with Crippen molar-refractivity contribution in [3.8, 4) is 0 Å². The Morgan fingerprint density at radius 2 is 1.67 bits per heavy atom. The Kier molecular flexibility index (Phi) is 8.07. The van der Waals surface area contributed by atoms with Crippen LogP contribution in [0.5, 0.6) is 0 Å². The molecule has 0 aromatic heterocycles. The number of amides is 1. The number of hydrogen-bond donors (Lipinski definition) is 7. The molecule has 0 aromatic carbocycles. The van der Waals surface area contributed by atoms with Gasteiger partial charge in [-0.2, -0.15) is 0 Å². The Morgan fingerprint density at radius 3 is 2.05 bits per heavy atom. The SMILES string of the molecule is C=C(CC(=O)NC([C@@H](O)[C@H](O)C(O)CO)[C@@H](C)O)C(=O)O. The molecule has 0 aliphatic carbocycles. The van der Waals surface area contributed by atoms with Crippen molar-refractivity contribution in [2.24, 2.45) is 0 Å². The van der Waals surface area contributed by atoms with E-state index < -0.39 is 55.4 Å². The number of carboxylic acid groups (broad SMARTS) is 1. The molecule has 9 heteroatoms. The highest BCUT2D eigenvalue weighted by Crippen LogP contribution is 2.10. The Bertz CT molecular complexity index is 383. The lowest BCUT2D eigenvalue weighted by Gasteiger charge is -2.31. The molecule has 7 N–H and O–H groups in total. The Morgan fingerprint density at radius 1 is 1.14 bits per heavy atom. The van der Waals surface area contributed by atoms with E-state index in [0.717, 1.165) is 0 Å². The quantitative estimate of drug-likeness (QED) is 0.221. The number of carbonyl (C=O) groups excluding carboxylic acids is 1. The van der Waals surface area contributed by atoms with Crippen LogP contribution in [0.4, 0.5) is 0 Å². The van der Waals surface area contributed by atoms with Crippen LogP contribution in [0.3, 0.4) is 0 Å². The van der Waals surface area contributed by atoms with Crippen molar-refractivity contribution in [2.45, 2.75) is 43.8 Å². The van der Waals surface area contributed by atoms with Crippen molar-refractivity contribution in [3.05, 3.63) is 12.2 Å². The molecule has 0 aromatic rings. The molecule has 1 amide bonds. The fraction of sp³-hybridized carbons (Fsp3) is 0.667. The first-order chi connectivity index (χ1) is 9.61. The number of carboxylic acids is 1. The van der Waals surface area contributed by atoms with Gasteiger partial charge in [0.15, 0.2) is 0 Å². The van der Waals surface area contributed by atoms with Crippen LogP contribution in [0.25, 0.3) is 0 Å². The lowest BCUT2D eigenvalue weighted by molar-refractivity contribution is -0.135. The maximum absolute atomic E-state index is 11.6. The van der Waals surface area contributed by atoms with Gasteiger partial charge in [-0.15, -0.1) is 0 Å². The predicted molar refractivity (Wildman–Crippen MR) is 70.1 cm³/mol. The van der Waals surface area contributed by atoms with Gasteiger partial charge in [0.25, 0.3) is 0 Å². The molecule has 0 saturated carbocycles. The van der Waals surface area contributed by atoms with Crippen molar-refractivity contribution >= 4 is 11.9 Å². The van der Waals surface area contributed by atoms with Crippen LogP contribution in [-0.2, 0) is 9.59 Å². The van der Waals surface area contributed by atoms with Crippen molar-refractivity contribution in [1.29, 1.82) is 0 Å². The summed E-state index contributed by atoms with van der Waals surface area (Å²) in [5, 5.41) is 57.5. The average molecular weight is 307 g/mol. The molecule has 2 unspecified atom stereocenters. The highest BCUT2D eigenvalue weighted by atomic mass is 16.4. The van der Waals surface area contributed by atoms with Crippen molar-refractivity contribution in [1.82, 2.24) is 5.32 Å². The summed E-state index contributed by atoms with van der Waals surface area (Å²) in [4.78, 5) is 22.1. The summed E-state index contributed by atoms with van der Waals surface area (Å²) >= 11 is 0. The normalized spacial score (nSPS) is 18.2. The van der Waals surface area contributed by atoms with Crippen molar-refractivity contribution < 1.29 is 40.2 Å². The van der Waals surface area contributed by atoms with Crippen LogP contribution < -0.4 is 5.32 Å².